The number of nitrogens with zero attached hydrogens (tertiary/aromatic N) is 4. The van der Waals surface area contributed by atoms with Gasteiger partial charge in [0, 0.05) is 5.56 Å². The van der Waals surface area contributed by atoms with E-state index in [0.29, 0.717) is 33.7 Å². The highest BCUT2D eigenvalue weighted by Gasteiger charge is 2.16. The van der Waals surface area contributed by atoms with Crippen LogP contribution < -0.4 is 14.2 Å². The Kier molecular flexibility index (Phi) is 5.92. The number of para-hydroxylation sites is 2. The molecule has 0 atom stereocenters. The van der Waals surface area contributed by atoms with E-state index in [1.807, 2.05) is 24.3 Å². The van der Waals surface area contributed by atoms with E-state index < -0.39 is 0 Å². The van der Waals surface area contributed by atoms with Crippen LogP contribution in [0, 0.1) is 0 Å². The van der Waals surface area contributed by atoms with E-state index in [2.05, 4.69) is 15.5 Å². The average Bonchev–Trinajstić information content (AvgIpc) is 3.19. The molecule has 27 heavy (non-hydrogen) atoms. The fourth-order valence-corrected chi connectivity index (χ4v) is 3.23. The van der Waals surface area contributed by atoms with Gasteiger partial charge in [0.05, 0.1) is 27.1 Å². The largest absolute Gasteiger partial charge is 0.494 e. The topological polar surface area (TPSA) is 88.4 Å². The lowest BCUT2D eigenvalue weighted by atomic mass is 10.1. The molecule has 0 saturated carbocycles. The Morgan fingerprint density at radius 2 is 1.74 bits per heavy atom. The van der Waals surface area contributed by atoms with Crippen LogP contribution in [0.25, 0.3) is 5.69 Å². The van der Waals surface area contributed by atoms with Crippen molar-refractivity contribution in [1.82, 2.24) is 20.2 Å². The minimum absolute atomic E-state index is 0.0736. The van der Waals surface area contributed by atoms with E-state index in [1.165, 1.54) is 18.9 Å². The summed E-state index contributed by atoms with van der Waals surface area (Å²) >= 11 is 1.24. The molecule has 0 aliphatic carbocycles. The smallest absolute Gasteiger partial charge is 0.214 e. The lowest BCUT2D eigenvalue weighted by Gasteiger charge is -2.10. The highest BCUT2D eigenvalue weighted by Crippen LogP contribution is 2.29. The van der Waals surface area contributed by atoms with E-state index in [0.717, 1.165) is 0 Å². The van der Waals surface area contributed by atoms with Crippen LogP contribution in [0.1, 0.15) is 10.4 Å². The van der Waals surface area contributed by atoms with Crippen molar-refractivity contribution in [1.29, 1.82) is 0 Å². The van der Waals surface area contributed by atoms with Crippen LogP contribution in [0.4, 0.5) is 0 Å². The third kappa shape index (κ3) is 4.03. The van der Waals surface area contributed by atoms with Gasteiger partial charge in [0.25, 0.3) is 0 Å². The highest BCUT2D eigenvalue weighted by atomic mass is 32.2. The van der Waals surface area contributed by atoms with Crippen LogP contribution in [0.5, 0.6) is 17.2 Å². The van der Waals surface area contributed by atoms with Gasteiger partial charge >= 0.3 is 0 Å². The van der Waals surface area contributed by atoms with E-state index in [-0.39, 0.29) is 11.5 Å². The second-order valence-electron chi connectivity index (χ2n) is 5.33. The summed E-state index contributed by atoms with van der Waals surface area (Å²) in [7, 11) is 4.66. The first-order chi connectivity index (χ1) is 13.2. The molecular weight excluding hydrogens is 368 g/mol. The van der Waals surface area contributed by atoms with Gasteiger partial charge in [0.1, 0.15) is 11.4 Å². The number of methoxy groups -OCH3 is 3. The highest BCUT2D eigenvalue weighted by molar-refractivity contribution is 7.99. The van der Waals surface area contributed by atoms with Crippen molar-refractivity contribution < 1.29 is 19.0 Å². The van der Waals surface area contributed by atoms with Crippen molar-refractivity contribution in [3.05, 3.63) is 48.0 Å². The summed E-state index contributed by atoms with van der Waals surface area (Å²) in [5.41, 5.74) is 1.22. The number of ketones is 1. The number of thioether (sulfide) groups is 1. The average molecular weight is 386 g/mol. The summed E-state index contributed by atoms with van der Waals surface area (Å²) in [6.07, 6.45) is 0. The van der Waals surface area contributed by atoms with Gasteiger partial charge in [-0.3, -0.25) is 4.79 Å². The third-order valence-corrected chi connectivity index (χ3v) is 4.71. The maximum atomic E-state index is 12.6. The molecule has 3 rings (SSSR count). The van der Waals surface area contributed by atoms with E-state index in [4.69, 9.17) is 14.2 Å². The number of carbonyl (C=O) groups excluding carboxylic acids is 1. The fraction of sp³-hybridized carbons (Fsp3) is 0.222. The van der Waals surface area contributed by atoms with Crippen molar-refractivity contribution >= 4 is 17.5 Å². The monoisotopic (exact) mass is 386 g/mol. The van der Waals surface area contributed by atoms with Gasteiger partial charge in [0.15, 0.2) is 17.3 Å². The van der Waals surface area contributed by atoms with Crippen LogP contribution in [0.3, 0.4) is 0 Å². The van der Waals surface area contributed by atoms with Crippen LogP contribution in [-0.4, -0.2) is 53.1 Å². The normalized spacial score (nSPS) is 10.5. The molecule has 9 heteroatoms. The SMILES string of the molecule is COc1ccc(C(=O)CSc2nnnn2-c2ccccc2OC)cc1OC. The van der Waals surface area contributed by atoms with Crippen molar-refractivity contribution in [2.24, 2.45) is 0 Å². The molecular formula is C18H18N4O4S. The van der Waals surface area contributed by atoms with E-state index in [1.54, 1.807) is 37.1 Å². The molecule has 1 heterocycles. The molecule has 2 aromatic carbocycles. The molecule has 0 saturated heterocycles. The molecule has 0 aliphatic rings. The Balaban J connectivity index is 1.77. The number of tetrazole rings is 1. The number of Topliss-reactive ketones (excluding diaryl/α,β-unsaturated/α-hetero) is 1. The Hall–Kier alpha value is -3.07. The molecule has 0 fully saturated rings. The zero-order valence-corrected chi connectivity index (χ0v) is 15.9. The number of ether oxygens (including phenoxy) is 3. The van der Waals surface area contributed by atoms with Gasteiger partial charge in [-0.2, -0.15) is 4.68 Å². The summed E-state index contributed by atoms with van der Waals surface area (Å²) in [6.45, 7) is 0. The number of benzene rings is 2. The minimum Gasteiger partial charge on any atom is -0.494 e. The van der Waals surface area contributed by atoms with Crippen molar-refractivity contribution in [3.8, 4) is 22.9 Å². The van der Waals surface area contributed by atoms with Crippen LogP contribution in [0.15, 0.2) is 47.6 Å². The predicted molar refractivity (Wildman–Crippen MR) is 100 cm³/mol. The van der Waals surface area contributed by atoms with Gasteiger partial charge in [-0.15, -0.1) is 5.10 Å². The first-order valence-electron chi connectivity index (χ1n) is 7.97. The van der Waals surface area contributed by atoms with Gasteiger partial charge in [-0.05, 0) is 40.8 Å². The molecule has 0 unspecified atom stereocenters. The molecule has 8 nitrogen and oxygen atoms in total. The lowest BCUT2D eigenvalue weighted by Crippen LogP contribution is -2.06. The zero-order valence-electron chi connectivity index (χ0n) is 15.1. The van der Waals surface area contributed by atoms with Gasteiger partial charge in [-0.25, -0.2) is 0 Å². The van der Waals surface area contributed by atoms with E-state index in [9.17, 15) is 4.79 Å². The third-order valence-electron chi connectivity index (χ3n) is 3.79. The quantitative estimate of drug-likeness (QED) is 0.431. The molecule has 0 N–H and O–H groups in total. The first kappa shape index (κ1) is 18.7. The summed E-state index contributed by atoms with van der Waals surface area (Å²) in [4.78, 5) is 12.6. The number of aromatic nitrogens is 4. The fourth-order valence-electron chi connectivity index (χ4n) is 2.45. The molecule has 140 valence electrons. The standard InChI is InChI=1S/C18H18N4O4S/c1-24-15-7-5-4-6-13(15)22-18(19-20-21-22)27-11-14(23)12-8-9-16(25-2)17(10-12)26-3/h4-10H,11H2,1-3H3. The molecule has 1 aromatic heterocycles. The molecule has 3 aromatic rings. The Morgan fingerprint density at radius 1 is 1.00 bits per heavy atom. The van der Waals surface area contributed by atoms with E-state index >= 15 is 0 Å². The Labute approximate surface area is 160 Å². The lowest BCUT2D eigenvalue weighted by molar-refractivity contribution is 0.102. The van der Waals surface area contributed by atoms with Gasteiger partial charge < -0.3 is 14.2 Å². The van der Waals surface area contributed by atoms with Gasteiger partial charge in [-0.1, -0.05) is 23.9 Å². The van der Waals surface area contributed by atoms with Crippen molar-refractivity contribution in [2.75, 3.05) is 27.1 Å². The molecule has 0 bridgehead atoms. The van der Waals surface area contributed by atoms with Crippen LogP contribution in [-0.2, 0) is 0 Å². The van der Waals surface area contributed by atoms with Crippen LogP contribution >= 0.6 is 11.8 Å². The summed E-state index contributed by atoms with van der Waals surface area (Å²) in [5.74, 6) is 1.81. The van der Waals surface area contributed by atoms with Gasteiger partial charge in [0.2, 0.25) is 5.16 Å². The molecule has 0 radical (unpaired) electrons. The maximum Gasteiger partial charge on any atom is 0.214 e. The second-order valence-corrected chi connectivity index (χ2v) is 6.27. The molecule has 0 aliphatic heterocycles. The second kappa shape index (κ2) is 8.54. The summed E-state index contributed by atoms with van der Waals surface area (Å²) in [6, 6.07) is 12.5. The number of hydrogen-bond donors (Lipinski definition) is 0. The number of hydrogen-bond acceptors (Lipinski definition) is 8. The number of carbonyl (C=O) groups is 1. The minimum atomic E-state index is -0.0736. The summed E-state index contributed by atoms with van der Waals surface area (Å²) in [5, 5.41) is 12.2. The summed E-state index contributed by atoms with van der Waals surface area (Å²) < 4.78 is 17.3. The Bertz CT molecular complexity index is 945. The van der Waals surface area contributed by atoms with Crippen molar-refractivity contribution in [3.63, 3.8) is 0 Å². The van der Waals surface area contributed by atoms with Crippen molar-refractivity contribution in [2.45, 2.75) is 5.16 Å². The maximum absolute atomic E-state index is 12.6. The first-order valence-corrected chi connectivity index (χ1v) is 8.96. The van der Waals surface area contributed by atoms with Crippen LogP contribution in [0.2, 0.25) is 0 Å². The Morgan fingerprint density at radius 3 is 2.48 bits per heavy atom. The molecule has 0 amide bonds. The predicted octanol–water partition coefficient (Wildman–Crippen LogP) is 2.66. The zero-order chi connectivity index (χ0) is 19.2. The number of rotatable bonds is 8. The molecule has 0 spiro atoms.